The molecule has 0 saturated carbocycles. The molecule has 1 aromatic carbocycles. The van der Waals surface area contributed by atoms with Crippen LogP contribution < -0.4 is 15.4 Å². The fraction of sp³-hybridized carbons (Fsp3) is 0.421. The summed E-state index contributed by atoms with van der Waals surface area (Å²) < 4.78 is 33.5. The van der Waals surface area contributed by atoms with Crippen molar-refractivity contribution < 1.29 is 13.5 Å². The smallest absolute Gasteiger partial charge is 0.296 e. The first-order chi connectivity index (χ1) is 12.9. The molecule has 1 aromatic heterocycles. The molecule has 0 amide bonds. The van der Waals surface area contributed by atoms with E-state index in [2.05, 4.69) is 20.6 Å². The molecule has 2 heterocycles. The number of halogens is 2. The van der Waals surface area contributed by atoms with Crippen molar-refractivity contribution >= 4 is 5.95 Å². The molecule has 1 aliphatic heterocycles. The van der Waals surface area contributed by atoms with Crippen molar-refractivity contribution in [2.24, 2.45) is 0 Å². The molecule has 2 N–H and O–H groups in total. The number of hydrogen-bond donors (Lipinski definition) is 2. The van der Waals surface area contributed by atoms with E-state index in [9.17, 15) is 14.0 Å². The summed E-state index contributed by atoms with van der Waals surface area (Å²) in [6.45, 7) is 3.98. The molecule has 0 spiro atoms. The van der Waals surface area contributed by atoms with Crippen LogP contribution in [0.2, 0.25) is 0 Å². The maximum absolute atomic E-state index is 14.0. The Balaban J connectivity index is 1.86. The number of nitriles is 1. The second kappa shape index (κ2) is 7.84. The topological polar surface area (TPSA) is 82.9 Å². The Morgan fingerprint density at radius 1 is 1.37 bits per heavy atom. The van der Waals surface area contributed by atoms with Crippen LogP contribution in [0.4, 0.5) is 14.7 Å². The molecule has 3 rings (SSSR count). The lowest BCUT2D eigenvalue weighted by Crippen LogP contribution is -2.52. The van der Waals surface area contributed by atoms with E-state index < -0.39 is 18.6 Å². The van der Waals surface area contributed by atoms with E-state index in [1.165, 1.54) is 0 Å². The predicted octanol–water partition coefficient (Wildman–Crippen LogP) is 3.21. The van der Waals surface area contributed by atoms with Gasteiger partial charge in [-0.25, -0.2) is 18.7 Å². The van der Waals surface area contributed by atoms with Gasteiger partial charge in [-0.2, -0.15) is 5.26 Å². The molecule has 27 heavy (non-hydrogen) atoms. The number of nitrogens with zero attached hydrogens (tertiary/aromatic N) is 3. The van der Waals surface area contributed by atoms with Gasteiger partial charge in [0, 0.05) is 24.2 Å². The highest BCUT2D eigenvalue weighted by atomic mass is 19.3. The molecule has 1 saturated heterocycles. The van der Waals surface area contributed by atoms with Crippen LogP contribution in [0, 0.1) is 11.3 Å². The molecule has 1 fully saturated rings. The molecule has 2 aromatic rings. The van der Waals surface area contributed by atoms with Crippen LogP contribution >= 0.6 is 0 Å². The third kappa shape index (κ3) is 4.49. The molecule has 142 valence electrons. The van der Waals surface area contributed by atoms with E-state index in [4.69, 9.17) is 4.74 Å². The Morgan fingerprint density at radius 3 is 2.89 bits per heavy atom. The van der Waals surface area contributed by atoms with Gasteiger partial charge in [-0.05, 0) is 44.7 Å². The lowest BCUT2D eigenvalue weighted by molar-refractivity contribution is -0.109. The average Bonchev–Trinajstić information content (AvgIpc) is 2.63. The summed E-state index contributed by atoms with van der Waals surface area (Å²) in [6, 6.07) is 8.77. The number of anilines is 1. The SMILES string of the molecule is CC(C)Nc1nccc(-c2ccc(OC3CCNCC3(F)F)c(C#N)c2)n1. The van der Waals surface area contributed by atoms with Gasteiger partial charge < -0.3 is 15.4 Å². The Hall–Kier alpha value is -2.79. The van der Waals surface area contributed by atoms with Gasteiger partial charge in [0.15, 0.2) is 6.10 Å². The first kappa shape index (κ1) is 19.0. The zero-order valence-corrected chi connectivity index (χ0v) is 15.2. The van der Waals surface area contributed by atoms with Crippen LogP contribution in [0.1, 0.15) is 25.8 Å². The molecule has 1 unspecified atom stereocenters. The molecule has 0 aliphatic carbocycles. The first-order valence-corrected chi connectivity index (χ1v) is 8.78. The second-order valence-electron chi connectivity index (χ2n) is 6.72. The minimum Gasteiger partial charge on any atom is -0.483 e. The number of rotatable bonds is 5. The maximum Gasteiger partial charge on any atom is 0.296 e. The number of aromatic nitrogens is 2. The summed E-state index contributed by atoms with van der Waals surface area (Å²) in [6.07, 6.45) is 0.548. The molecule has 8 heteroatoms. The highest BCUT2D eigenvalue weighted by Crippen LogP contribution is 2.31. The Kier molecular flexibility index (Phi) is 5.51. The molecule has 1 aliphatic rings. The molecule has 0 bridgehead atoms. The molecule has 6 nitrogen and oxygen atoms in total. The number of nitrogens with one attached hydrogen (secondary N) is 2. The van der Waals surface area contributed by atoms with Crippen molar-refractivity contribution in [3.63, 3.8) is 0 Å². The fourth-order valence-electron chi connectivity index (χ4n) is 2.84. The highest BCUT2D eigenvalue weighted by molar-refractivity contribution is 5.64. The van der Waals surface area contributed by atoms with E-state index in [1.807, 2.05) is 19.9 Å². The van der Waals surface area contributed by atoms with Crippen LogP contribution in [0.5, 0.6) is 5.75 Å². The number of alkyl halides is 2. The zero-order valence-electron chi connectivity index (χ0n) is 15.2. The van der Waals surface area contributed by atoms with Gasteiger partial charge in [0.25, 0.3) is 5.92 Å². The minimum absolute atomic E-state index is 0.155. The number of ether oxygens (including phenoxy) is 1. The third-order valence-electron chi connectivity index (χ3n) is 4.15. The maximum atomic E-state index is 14.0. The van der Waals surface area contributed by atoms with Gasteiger partial charge in [-0.3, -0.25) is 0 Å². The second-order valence-corrected chi connectivity index (χ2v) is 6.72. The summed E-state index contributed by atoms with van der Waals surface area (Å²) >= 11 is 0. The minimum atomic E-state index is -2.98. The van der Waals surface area contributed by atoms with Crippen molar-refractivity contribution in [1.29, 1.82) is 5.26 Å². The normalized spacial score (nSPS) is 18.7. The average molecular weight is 373 g/mol. The molecular weight excluding hydrogens is 352 g/mol. The molecule has 1 atom stereocenters. The molecule has 0 radical (unpaired) electrons. The van der Waals surface area contributed by atoms with Crippen molar-refractivity contribution in [3.8, 4) is 23.1 Å². The summed E-state index contributed by atoms with van der Waals surface area (Å²) in [5.74, 6) is -2.34. The Bertz CT molecular complexity index is 850. The van der Waals surface area contributed by atoms with Gasteiger partial charge >= 0.3 is 0 Å². The van der Waals surface area contributed by atoms with E-state index in [0.29, 0.717) is 23.8 Å². The van der Waals surface area contributed by atoms with Crippen molar-refractivity contribution in [3.05, 3.63) is 36.0 Å². The van der Waals surface area contributed by atoms with Gasteiger partial charge in [0.2, 0.25) is 5.95 Å². The quantitative estimate of drug-likeness (QED) is 0.837. The number of benzene rings is 1. The van der Waals surface area contributed by atoms with Gasteiger partial charge in [0.1, 0.15) is 11.8 Å². The monoisotopic (exact) mass is 373 g/mol. The van der Waals surface area contributed by atoms with Crippen LogP contribution in [0.25, 0.3) is 11.3 Å². The molecular formula is C19H21F2N5O. The van der Waals surface area contributed by atoms with Crippen molar-refractivity contribution in [2.75, 3.05) is 18.4 Å². The van der Waals surface area contributed by atoms with E-state index >= 15 is 0 Å². The fourth-order valence-corrected chi connectivity index (χ4v) is 2.84. The van der Waals surface area contributed by atoms with Gasteiger partial charge in [-0.15, -0.1) is 0 Å². The van der Waals surface area contributed by atoms with Crippen LogP contribution in [-0.2, 0) is 0 Å². The number of piperidine rings is 1. The third-order valence-corrected chi connectivity index (χ3v) is 4.15. The largest absolute Gasteiger partial charge is 0.483 e. The van der Waals surface area contributed by atoms with Crippen LogP contribution in [0.15, 0.2) is 30.5 Å². The lowest BCUT2D eigenvalue weighted by atomic mass is 10.0. The van der Waals surface area contributed by atoms with Gasteiger partial charge in [0.05, 0.1) is 17.8 Å². The van der Waals surface area contributed by atoms with Crippen LogP contribution in [0.3, 0.4) is 0 Å². The van der Waals surface area contributed by atoms with Crippen molar-refractivity contribution in [2.45, 2.75) is 38.3 Å². The van der Waals surface area contributed by atoms with E-state index in [0.717, 1.165) is 0 Å². The van der Waals surface area contributed by atoms with E-state index in [1.54, 1.807) is 30.5 Å². The lowest BCUT2D eigenvalue weighted by Gasteiger charge is -2.32. The van der Waals surface area contributed by atoms with Crippen LogP contribution in [-0.4, -0.2) is 41.1 Å². The Morgan fingerprint density at radius 2 is 2.19 bits per heavy atom. The zero-order chi connectivity index (χ0) is 19.4. The highest BCUT2D eigenvalue weighted by Gasteiger charge is 2.43. The van der Waals surface area contributed by atoms with Crippen molar-refractivity contribution in [1.82, 2.24) is 15.3 Å². The predicted molar refractivity (Wildman–Crippen MR) is 97.8 cm³/mol. The van der Waals surface area contributed by atoms with Gasteiger partial charge in [-0.1, -0.05) is 0 Å². The number of hydrogen-bond acceptors (Lipinski definition) is 6. The summed E-state index contributed by atoms with van der Waals surface area (Å²) in [5, 5.41) is 15.2. The summed E-state index contributed by atoms with van der Waals surface area (Å²) in [4.78, 5) is 8.58. The Labute approximate surface area is 156 Å². The summed E-state index contributed by atoms with van der Waals surface area (Å²) in [7, 11) is 0. The summed E-state index contributed by atoms with van der Waals surface area (Å²) in [5.41, 5.74) is 1.51. The van der Waals surface area contributed by atoms with E-state index in [-0.39, 0.29) is 23.8 Å². The standard InChI is InChI=1S/C19H21F2N5O/c1-12(2)25-18-24-8-5-15(26-18)13-3-4-16(14(9-13)10-22)27-17-6-7-23-11-19(17,20)21/h3-5,8-9,12,17,23H,6-7,11H2,1-2H3,(H,24,25,26). The first-order valence-electron chi connectivity index (χ1n) is 8.78.